The number of rotatable bonds is 8. The molecular weight excluding hydrogens is 372 g/mol. The second-order valence-electron chi connectivity index (χ2n) is 6.05. The van der Waals surface area contributed by atoms with Crippen LogP contribution in [0.5, 0.6) is 0 Å². The number of benzene rings is 2. The maximum Gasteiger partial charge on any atom is 0.317 e. The Labute approximate surface area is 161 Å². The van der Waals surface area contributed by atoms with Crippen molar-refractivity contribution in [3.8, 4) is 0 Å². The van der Waals surface area contributed by atoms with Crippen LogP contribution in [0, 0.1) is 11.6 Å². The van der Waals surface area contributed by atoms with Crippen molar-refractivity contribution in [3.05, 3.63) is 65.7 Å². The molecule has 7 heteroatoms. The molecule has 144 valence electrons. The van der Waals surface area contributed by atoms with Crippen LogP contribution < -0.4 is 5.32 Å². The third-order valence-electron chi connectivity index (χ3n) is 3.87. The van der Waals surface area contributed by atoms with E-state index in [1.807, 2.05) is 37.3 Å². The average molecular weight is 393 g/mol. The molecule has 0 heterocycles. The van der Waals surface area contributed by atoms with E-state index in [-0.39, 0.29) is 16.6 Å². The number of carbonyl (C=O) groups is 2. The highest BCUT2D eigenvalue weighted by atomic mass is 32.2. The van der Waals surface area contributed by atoms with Crippen molar-refractivity contribution in [2.24, 2.45) is 0 Å². The summed E-state index contributed by atoms with van der Waals surface area (Å²) in [7, 11) is 0. The SMILES string of the molecule is C[C@H](CNC(=O)[C@@H](C)OC(=O)CSc1cc(F)ccc1F)c1ccccc1. The molecule has 0 radical (unpaired) electrons. The van der Waals surface area contributed by atoms with E-state index in [1.165, 1.54) is 6.92 Å². The van der Waals surface area contributed by atoms with Crippen LogP contribution in [0.4, 0.5) is 8.78 Å². The topological polar surface area (TPSA) is 55.4 Å². The van der Waals surface area contributed by atoms with E-state index in [4.69, 9.17) is 4.74 Å². The zero-order valence-corrected chi connectivity index (χ0v) is 15.9. The number of carbonyl (C=O) groups excluding carboxylic acids is 2. The van der Waals surface area contributed by atoms with E-state index in [1.54, 1.807) is 0 Å². The third-order valence-corrected chi connectivity index (χ3v) is 4.87. The Balaban J connectivity index is 1.76. The molecule has 2 aromatic carbocycles. The Kier molecular flexibility index (Phi) is 7.79. The zero-order valence-electron chi connectivity index (χ0n) is 15.1. The van der Waals surface area contributed by atoms with E-state index in [0.717, 1.165) is 35.5 Å². The fourth-order valence-electron chi connectivity index (χ4n) is 2.31. The Morgan fingerprint density at radius 3 is 2.52 bits per heavy atom. The largest absolute Gasteiger partial charge is 0.452 e. The summed E-state index contributed by atoms with van der Waals surface area (Å²) < 4.78 is 31.7. The molecule has 2 aromatic rings. The van der Waals surface area contributed by atoms with Crippen molar-refractivity contribution in [3.63, 3.8) is 0 Å². The minimum Gasteiger partial charge on any atom is -0.452 e. The standard InChI is InChI=1S/C20H21F2NO3S/c1-13(15-6-4-3-5-7-15)11-23-20(25)14(2)26-19(24)12-27-18-10-16(21)8-9-17(18)22/h3-10,13-14H,11-12H2,1-2H3,(H,23,25)/t13-,14-/m1/s1. The molecular formula is C20H21F2NO3S. The molecule has 0 aliphatic rings. The Morgan fingerprint density at radius 1 is 1.11 bits per heavy atom. The van der Waals surface area contributed by atoms with Crippen LogP contribution in [0.1, 0.15) is 25.3 Å². The summed E-state index contributed by atoms with van der Waals surface area (Å²) in [4.78, 5) is 23.9. The lowest BCUT2D eigenvalue weighted by Crippen LogP contribution is -2.37. The van der Waals surface area contributed by atoms with Gasteiger partial charge in [-0.05, 0) is 36.6 Å². The van der Waals surface area contributed by atoms with Crippen LogP contribution in [0.2, 0.25) is 0 Å². The molecule has 0 fully saturated rings. The number of amides is 1. The quantitative estimate of drug-likeness (QED) is 0.546. The normalized spacial score (nSPS) is 12.9. The Bertz CT molecular complexity index is 786. The summed E-state index contributed by atoms with van der Waals surface area (Å²) in [6, 6.07) is 12.7. The lowest BCUT2D eigenvalue weighted by atomic mass is 10.0. The first-order chi connectivity index (χ1) is 12.9. The van der Waals surface area contributed by atoms with Crippen LogP contribution in [-0.4, -0.2) is 30.3 Å². The molecule has 1 N–H and O–H groups in total. The van der Waals surface area contributed by atoms with Gasteiger partial charge in [-0.1, -0.05) is 37.3 Å². The van der Waals surface area contributed by atoms with Gasteiger partial charge in [0.05, 0.1) is 5.75 Å². The molecule has 0 spiro atoms. The first kappa shape index (κ1) is 20.9. The monoisotopic (exact) mass is 393 g/mol. The minimum atomic E-state index is -0.974. The van der Waals surface area contributed by atoms with E-state index < -0.39 is 29.6 Å². The average Bonchev–Trinajstić information content (AvgIpc) is 2.67. The highest BCUT2D eigenvalue weighted by Gasteiger charge is 2.19. The molecule has 4 nitrogen and oxygen atoms in total. The van der Waals surface area contributed by atoms with Gasteiger partial charge in [-0.3, -0.25) is 9.59 Å². The molecule has 2 atom stereocenters. The number of thioether (sulfide) groups is 1. The number of halogens is 2. The number of hydrogen-bond donors (Lipinski definition) is 1. The van der Waals surface area contributed by atoms with Gasteiger partial charge >= 0.3 is 5.97 Å². The molecule has 0 aromatic heterocycles. The molecule has 0 bridgehead atoms. The van der Waals surface area contributed by atoms with Crippen molar-refractivity contribution in [2.75, 3.05) is 12.3 Å². The Hall–Kier alpha value is -2.41. The predicted octanol–water partition coefficient (Wildman–Crippen LogP) is 3.91. The summed E-state index contributed by atoms with van der Waals surface area (Å²) in [5.41, 5.74) is 1.09. The van der Waals surface area contributed by atoms with E-state index >= 15 is 0 Å². The van der Waals surface area contributed by atoms with E-state index in [9.17, 15) is 18.4 Å². The van der Waals surface area contributed by atoms with Crippen LogP contribution in [-0.2, 0) is 14.3 Å². The summed E-state index contributed by atoms with van der Waals surface area (Å²) >= 11 is 0.817. The van der Waals surface area contributed by atoms with Crippen LogP contribution in [0.25, 0.3) is 0 Å². The summed E-state index contributed by atoms with van der Waals surface area (Å²) in [6.07, 6.45) is -0.974. The van der Waals surface area contributed by atoms with Crippen molar-refractivity contribution in [1.82, 2.24) is 5.32 Å². The minimum absolute atomic E-state index is 0.0146. The lowest BCUT2D eigenvalue weighted by Gasteiger charge is -2.16. The van der Waals surface area contributed by atoms with Gasteiger partial charge in [0.25, 0.3) is 5.91 Å². The van der Waals surface area contributed by atoms with E-state index in [0.29, 0.717) is 6.54 Å². The summed E-state index contributed by atoms with van der Waals surface area (Å²) in [6.45, 7) is 3.86. The molecule has 0 saturated heterocycles. The molecule has 0 unspecified atom stereocenters. The van der Waals surface area contributed by atoms with Crippen molar-refractivity contribution in [1.29, 1.82) is 0 Å². The van der Waals surface area contributed by atoms with Gasteiger partial charge in [0.15, 0.2) is 6.10 Å². The highest BCUT2D eigenvalue weighted by Crippen LogP contribution is 2.22. The maximum atomic E-state index is 13.5. The molecule has 27 heavy (non-hydrogen) atoms. The van der Waals surface area contributed by atoms with Crippen LogP contribution in [0.15, 0.2) is 53.4 Å². The van der Waals surface area contributed by atoms with Crippen LogP contribution in [0.3, 0.4) is 0 Å². The molecule has 2 rings (SSSR count). The van der Waals surface area contributed by atoms with Gasteiger partial charge in [0.2, 0.25) is 0 Å². The summed E-state index contributed by atoms with van der Waals surface area (Å²) in [5.74, 6) is -2.40. The molecule has 0 saturated carbocycles. The smallest absolute Gasteiger partial charge is 0.317 e. The maximum absolute atomic E-state index is 13.5. The van der Waals surface area contributed by atoms with E-state index in [2.05, 4.69) is 5.32 Å². The van der Waals surface area contributed by atoms with Gasteiger partial charge in [-0.15, -0.1) is 11.8 Å². The highest BCUT2D eigenvalue weighted by molar-refractivity contribution is 8.00. The first-order valence-corrected chi connectivity index (χ1v) is 9.45. The number of hydrogen-bond acceptors (Lipinski definition) is 4. The van der Waals surface area contributed by atoms with Gasteiger partial charge < -0.3 is 10.1 Å². The number of nitrogens with one attached hydrogen (secondary N) is 1. The lowest BCUT2D eigenvalue weighted by molar-refractivity contribution is -0.152. The molecule has 0 aliphatic heterocycles. The van der Waals surface area contributed by atoms with Gasteiger partial charge in [-0.25, -0.2) is 8.78 Å². The van der Waals surface area contributed by atoms with Gasteiger partial charge in [-0.2, -0.15) is 0 Å². The number of ether oxygens (including phenoxy) is 1. The fourth-order valence-corrected chi connectivity index (χ4v) is 3.05. The summed E-state index contributed by atoms with van der Waals surface area (Å²) in [5, 5.41) is 2.74. The first-order valence-electron chi connectivity index (χ1n) is 8.46. The Morgan fingerprint density at radius 2 is 1.81 bits per heavy atom. The third kappa shape index (κ3) is 6.67. The molecule has 1 amide bonds. The fraction of sp³-hybridized carbons (Fsp3) is 0.300. The van der Waals surface area contributed by atoms with Crippen molar-refractivity contribution in [2.45, 2.75) is 30.8 Å². The zero-order chi connectivity index (χ0) is 19.8. The van der Waals surface area contributed by atoms with Crippen LogP contribution >= 0.6 is 11.8 Å². The predicted molar refractivity (Wildman–Crippen MR) is 101 cm³/mol. The molecule has 0 aliphatic carbocycles. The second kappa shape index (κ2) is 10.1. The number of esters is 1. The van der Waals surface area contributed by atoms with Gasteiger partial charge in [0.1, 0.15) is 11.6 Å². The van der Waals surface area contributed by atoms with Crippen molar-refractivity contribution >= 4 is 23.6 Å². The van der Waals surface area contributed by atoms with Crippen molar-refractivity contribution < 1.29 is 23.1 Å². The second-order valence-corrected chi connectivity index (χ2v) is 7.07. The van der Waals surface area contributed by atoms with Gasteiger partial charge in [0, 0.05) is 11.4 Å².